The van der Waals surface area contributed by atoms with Gasteiger partial charge in [-0.15, -0.1) is 0 Å². The third kappa shape index (κ3) is 7.37. The molecule has 1 aliphatic heterocycles. The van der Waals surface area contributed by atoms with E-state index < -0.39 is 0 Å². The Bertz CT molecular complexity index is 1210. The van der Waals surface area contributed by atoms with E-state index in [0.29, 0.717) is 85.5 Å². The van der Waals surface area contributed by atoms with Gasteiger partial charge in [-0.3, -0.25) is 24.6 Å². The van der Waals surface area contributed by atoms with Gasteiger partial charge in [-0.05, 0) is 25.6 Å². The van der Waals surface area contributed by atoms with Crippen LogP contribution in [-0.2, 0) is 9.53 Å². The minimum absolute atomic E-state index is 0.148. The number of allylic oxidation sites excluding steroid dienone is 1. The third-order valence-corrected chi connectivity index (χ3v) is 5.64. The molecule has 0 unspecified atom stereocenters. The van der Waals surface area contributed by atoms with Gasteiger partial charge in [0.15, 0.2) is 23.7 Å². The molecule has 0 saturated carbocycles. The maximum atomic E-state index is 12.5. The molecule has 200 valence electrons. The molecule has 2 heterocycles. The number of aliphatic hydroxyl groups excluding tert-OH is 1. The van der Waals surface area contributed by atoms with Gasteiger partial charge in [0.05, 0.1) is 31.9 Å². The number of likely N-dealkylation sites (N-methyl/N-ethyl adjacent to an activating group) is 1. The van der Waals surface area contributed by atoms with Crippen LogP contribution >= 0.6 is 0 Å². The summed E-state index contributed by atoms with van der Waals surface area (Å²) in [6.07, 6.45) is 3.44. The third-order valence-electron chi connectivity index (χ3n) is 5.64. The number of hydrogen-bond acceptors (Lipinski definition) is 11. The van der Waals surface area contributed by atoms with Crippen LogP contribution < -0.4 is 15.1 Å². The fourth-order valence-corrected chi connectivity index (χ4v) is 3.72. The SMILES string of the molecule is C=N/C=C(/C=O)C=NCCN(C)c1nc(-c2cccc(C(=O)NCCO)c2)nc(N2CCOCC2)c1N=C. The van der Waals surface area contributed by atoms with E-state index in [9.17, 15) is 9.59 Å². The van der Waals surface area contributed by atoms with E-state index in [2.05, 4.69) is 38.6 Å². The second-order valence-electron chi connectivity index (χ2n) is 8.25. The van der Waals surface area contributed by atoms with Crippen molar-refractivity contribution in [2.24, 2.45) is 15.0 Å². The van der Waals surface area contributed by atoms with Crippen LogP contribution in [0.4, 0.5) is 17.3 Å². The van der Waals surface area contributed by atoms with E-state index in [1.165, 1.54) is 12.4 Å². The Morgan fingerprint density at radius 3 is 2.76 bits per heavy atom. The summed E-state index contributed by atoms with van der Waals surface area (Å²) in [6.45, 7) is 10.3. The molecule has 1 aromatic heterocycles. The highest BCUT2D eigenvalue weighted by atomic mass is 16.5. The number of morpholine rings is 1. The maximum Gasteiger partial charge on any atom is 0.251 e. The zero-order valence-electron chi connectivity index (χ0n) is 21.4. The molecule has 3 rings (SSSR count). The molecular formula is C26H32N8O4. The van der Waals surface area contributed by atoms with Gasteiger partial charge < -0.3 is 25.0 Å². The van der Waals surface area contributed by atoms with Gasteiger partial charge in [-0.1, -0.05) is 12.1 Å². The minimum atomic E-state index is -0.302. The summed E-state index contributed by atoms with van der Waals surface area (Å²) in [5.41, 5.74) is 1.93. The molecule has 12 heteroatoms. The first-order valence-corrected chi connectivity index (χ1v) is 12.1. The number of anilines is 2. The molecule has 1 amide bonds. The monoisotopic (exact) mass is 520 g/mol. The van der Waals surface area contributed by atoms with Crippen molar-refractivity contribution >= 4 is 49.2 Å². The van der Waals surface area contributed by atoms with Crippen molar-refractivity contribution in [1.82, 2.24) is 15.3 Å². The van der Waals surface area contributed by atoms with Crippen LogP contribution in [-0.4, -0.2) is 107 Å². The highest BCUT2D eigenvalue weighted by molar-refractivity contribution is 6.01. The van der Waals surface area contributed by atoms with Gasteiger partial charge >= 0.3 is 0 Å². The molecule has 0 bridgehead atoms. The number of aromatic nitrogens is 2. The molecule has 1 fully saturated rings. The first kappa shape index (κ1) is 28.3. The summed E-state index contributed by atoms with van der Waals surface area (Å²) in [5.74, 6) is 1.29. The zero-order valence-corrected chi connectivity index (χ0v) is 21.4. The Kier molecular flexibility index (Phi) is 10.8. The van der Waals surface area contributed by atoms with Crippen LogP contribution in [0.5, 0.6) is 0 Å². The summed E-state index contributed by atoms with van der Waals surface area (Å²) < 4.78 is 5.51. The number of ether oxygens (including phenoxy) is 1. The lowest BCUT2D eigenvalue weighted by atomic mass is 10.1. The Morgan fingerprint density at radius 2 is 2.08 bits per heavy atom. The van der Waals surface area contributed by atoms with Gasteiger partial charge in [-0.2, -0.15) is 0 Å². The average molecular weight is 521 g/mol. The summed E-state index contributed by atoms with van der Waals surface area (Å²) in [6, 6.07) is 6.99. The summed E-state index contributed by atoms with van der Waals surface area (Å²) in [4.78, 5) is 49.3. The minimum Gasteiger partial charge on any atom is -0.395 e. The summed E-state index contributed by atoms with van der Waals surface area (Å²) in [7, 11) is 1.86. The molecule has 12 nitrogen and oxygen atoms in total. The largest absolute Gasteiger partial charge is 0.395 e. The van der Waals surface area contributed by atoms with Crippen molar-refractivity contribution in [2.75, 3.05) is 69.4 Å². The Morgan fingerprint density at radius 1 is 1.29 bits per heavy atom. The number of aldehydes is 1. The second kappa shape index (κ2) is 14.4. The van der Waals surface area contributed by atoms with Crippen LogP contribution in [0.2, 0.25) is 0 Å². The molecule has 2 N–H and O–H groups in total. The van der Waals surface area contributed by atoms with E-state index in [-0.39, 0.29) is 19.1 Å². The van der Waals surface area contributed by atoms with E-state index in [1.54, 1.807) is 18.2 Å². The van der Waals surface area contributed by atoms with Crippen LogP contribution in [0.3, 0.4) is 0 Å². The Hall–Kier alpha value is -4.29. The first-order valence-electron chi connectivity index (χ1n) is 12.1. The van der Waals surface area contributed by atoms with Crippen LogP contribution in [0, 0.1) is 0 Å². The Balaban J connectivity index is 1.98. The predicted molar refractivity (Wildman–Crippen MR) is 149 cm³/mol. The topological polar surface area (TPSA) is 145 Å². The van der Waals surface area contributed by atoms with Crippen molar-refractivity contribution < 1.29 is 19.4 Å². The molecule has 2 aromatic rings. The number of rotatable bonds is 13. The standard InChI is InChI=1S/C26H32N8O4/c1-27-16-19(18-36)17-29-7-9-33(3)24-22(28-2)25(34-10-13-38-14-11-34)32-23(31-24)20-5-4-6-21(15-20)26(37)30-8-12-35/h4-6,15-18,35H,1-2,7-14H2,3H3,(H,30,37)/b19-16+,29-17?. The summed E-state index contributed by atoms with van der Waals surface area (Å²) >= 11 is 0. The quantitative estimate of drug-likeness (QED) is 0.229. The number of nitrogens with zero attached hydrogens (tertiary/aromatic N) is 7. The number of nitrogens with one attached hydrogen (secondary N) is 1. The normalized spacial score (nSPS) is 13.8. The second-order valence-corrected chi connectivity index (χ2v) is 8.25. The van der Waals surface area contributed by atoms with Crippen LogP contribution in [0.25, 0.3) is 11.4 Å². The van der Waals surface area contributed by atoms with Crippen molar-refractivity contribution in [1.29, 1.82) is 0 Å². The van der Waals surface area contributed by atoms with E-state index >= 15 is 0 Å². The Labute approximate surface area is 221 Å². The van der Waals surface area contributed by atoms with Gasteiger partial charge in [-0.25, -0.2) is 9.97 Å². The number of hydrogen-bond donors (Lipinski definition) is 2. The highest BCUT2D eigenvalue weighted by Gasteiger charge is 2.23. The average Bonchev–Trinajstić information content (AvgIpc) is 2.97. The molecule has 0 spiro atoms. The fourth-order valence-electron chi connectivity index (χ4n) is 3.72. The molecule has 0 radical (unpaired) electrons. The molecular weight excluding hydrogens is 488 g/mol. The number of aliphatic imine (C=N–C) groups is 3. The van der Waals surface area contributed by atoms with Gasteiger partial charge in [0.25, 0.3) is 5.91 Å². The number of carbonyl (C=O) groups excluding carboxylic acids is 2. The smallest absolute Gasteiger partial charge is 0.251 e. The van der Waals surface area contributed by atoms with E-state index in [1.807, 2.05) is 18.0 Å². The predicted octanol–water partition coefficient (Wildman–Crippen LogP) is 1.32. The maximum absolute atomic E-state index is 12.5. The van der Waals surface area contributed by atoms with E-state index in [0.717, 1.165) is 0 Å². The van der Waals surface area contributed by atoms with Crippen LogP contribution in [0.15, 0.2) is 51.0 Å². The highest BCUT2D eigenvalue weighted by Crippen LogP contribution is 2.37. The van der Waals surface area contributed by atoms with Crippen molar-refractivity contribution in [3.05, 3.63) is 41.6 Å². The van der Waals surface area contributed by atoms with Crippen LogP contribution in [0.1, 0.15) is 10.4 Å². The van der Waals surface area contributed by atoms with Crippen molar-refractivity contribution in [3.8, 4) is 11.4 Å². The number of aliphatic hydroxyl groups is 1. The lowest BCUT2D eigenvalue weighted by molar-refractivity contribution is -0.104. The fraction of sp³-hybridized carbons (Fsp3) is 0.346. The lowest BCUT2D eigenvalue weighted by Gasteiger charge is -2.30. The molecule has 0 atom stereocenters. The number of carbonyl (C=O) groups is 2. The van der Waals surface area contributed by atoms with Crippen molar-refractivity contribution in [3.63, 3.8) is 0 Å². The first-order chi connectivity index (χ1) is 18.5. The summed E-state index contributed by atoms with van der Waals surface area (Å²) in [5, 5.41) is 11.7. The molecule has 0 aliphatic carbocycles. The zero-order chi connectivity index (χ0) is 27.3. The number of amides is 1. The number of benzene rings is 1. The molecule has 1 saturated heterocycles. The molecule has 1 aromatic carbocycles. The molecule has 1 aliphatic rings. The van der Waals surface area contributed by atoms with Gasteiger partial charge in [0, 0.05) is 56.8 Å². The molecule has 38 heavy (non-hydrogen) atoms. The van der Waals surface area contributed by atoms with Crippen molar-refractivity contribution in [2.45, 2.75) is 0 Å². The van der Waals surface area contributed by atoms with Gasteiger partial charge in [0.1, 0.15) is 5.69 Å². The lowest BCUT2D eigenvalue weighted by Crippen LogP contribution is -2.37. The van der Waals surface area contributed by atoms with Gasteiger partial charge in [0.2, 0.25) is 0 Å². The van der Waals surface area contributed by atoms with E-state index in [4.69, 9.17) is 19.8 Å².